The number of rotatable bonds is 5. The third kappa shape index (κ3) is 4.06. The third-order valence-corrected chi connectivity index (χ3v) is 5.01. The van der Waals surface area contributed by atoms with Crippen molar-refractivity contribution in [3.8, 4) is 11.4 Å². The molecule has 0 unspecified atom stereocenters. The van der Waals surface area contributed by atoms with Crippen molar-refractivity contribution in [2.45, 2.75) is 19.9 Å². The summed E-state index contributed by atoms with van der Waals surface area (Å²) in [5, 5.41) is 0. The van der Waals surface area contributed by atoms with E-state index in [1.54, 1.807) is 24.4 Å². The van der Waals surface area contributed by atoms with E-state index in [1.165, 1.54) is 12.1 Å². The van der Waals surface area contributed by atoms with Crippen LogP contribution in [0.15, 0.2) is 60.6 Å². The number of aryl methyl sites for hydroxylation is 1. The number of ether oxygens (including phenoxy) is 1. The monoisotopic (exact) mass is 391 g/mol. The van der Waals surface area contributed by atoms with Crippen molar-refractivity contribution in [1.82, 2.24) is 14.5 Å². The largest absolute Gasteiger partial charge is 0.495 e. The fourth-order valence-electron chi connectivity index (χ4n) is 3.56. The Balaban J connectivity index is 1.54. The molecule has 0 N–H and O–H groups in total. The van der Waals surface area contributed by atoms with Gasteiger partial charge in [-0.05, 0) is 54.8 Å². The first-order chi connectivity index (χ1) is 14.0. The van der Waals surface area contributed by atoms with Crippen LogP contribution in [0.1, 0.15) is 23.2 Å². The summed E-state index contributed by atoms with van der Waals surface area (Å²) < 4.78 is 20.9. The second kappa shape index (κ2) is 7.91. The van der Waals surface area contributed by atoms with Crippen LogP contribution in [0.3, 0.4) is 0 Å². The molecule has 0 radical (unpaired) electrons. The molecule has 0 atom stereocenters. The topological polar surface area (TPSA) is 47.4 Å². The maximum atomic E-state index is 13.4. The normalized spacial score (nSPS) is 15.3. The number of likely N-dealkylation sites (tertiary alicyclic amines) is 1. The number of hydrogen-bond acceptors (Lipinski definition) is 3. The summed E-state index contributed by atoms with van der Waals surface area (Å²) in [7, 11) is 1.63. The second-order valence-electron chi connectivity index (χ2n) is 7.13. The minimum Gasteiger partial charge on any atom is -0.495 e. The van der Waals surface area contributed by atoms with Gasteiger partial charge in [0.15, 0.2) is 0 Å². The van der Waals surface area contributed by atoms with Crippen molar-refractivity contribution in [2.24, 2.45) is 0 Å². The molecule has 0 aliphatic carbocycles. The van der Waals surface area contributed by atoms with Gasteiger partial charge >= 0.3 is 0 Å². The van der Waals surface area contributed by atoms with E-state index >= 15 is 0 Å². The van der Waals surface area contributed by atoms with E-state index in [4.69, 9.17) is 4.74 Å². The van der Waals surface area contributed by atoms with Crippen LogP contribution in [-0.4, -0.2) is 34.0 Å². The van der Waals surface area contributed by atoms with Crippen LogP contribution in [0.5, 0.6) is 5.75 Å². The standard InChI is InChI=1S/C23H22FN3O2/c1-16-13-27(15-25-16)21-7-6-17(12-22(21)29-2)10-19-8-9-26(23(19)28)14-18-4-3-5-20(24)11-18/h3-7,10-13,15H,8-9,14H2,1-2H3. The van der Waals surface area contributed by atoms with Crippen LogP contribution >= 0.6 is 0 Å². The highest BCUT2D eigenvalue weighted by Gasteiger charge is 2.26. The minimum absolute atomic E-state index is 0.0115. The lowest BCUT2D eigenvalue weighted by molar-refractivity contribution is -0.125. The van der Waals surface area contributed by atoms with Gasteiger partial charge in [0, 0.05) is 24.9 Å². The maximum absolute atomic E-state index is 13.4. The molecule has 5 nitrogen and oxygen atoms in total. The molecule has 148 valence electrons. The van der Waals surface area contributed by atoms with Crippen molar-refractivity contribution in [3.63, 3.8) is 0 Å². The Morgan fingerprint density at radius 1 is 1.24 bits per heavy atom. The molecule has 0 spiro atoms. The Kier molecular flexibility index (Phi) is 5.16. The summed E-state index contributed by atoms with van der Waals surface area (Å²) in [5.74, 6) is 0.409. The van der Waals surface area contributed by atoms with Crippen LogP contribution in [0, 0.1) is 12.7 Å². The lowest BCUT2D eigenvalue weighted by atomic mass is 10.1. The highest BCUT2D eigenvalue weighted by molar-refractivity contribution is 5.99. The number of amides is 1. The average molecular weight is 391 g/mol. The third-order valence-electron chi connectivity index (χ3n) is 5.01. The molecule has 0 saturated carbocycles. The van der Waals surface area contributed by atoms with E-state index < -0.39 is 0 Å². The number of nitrogens with zero attached hydrogens (tertiary/aromatic N) is 3. The number of aromatic nitrogens is 2. The molecule has 1 aliphatic rings. The molecule has 3 aromatic rings. The van der Waals surface area contributed by atoms with E-state index in [9.17, 15) is 9.18 Å². The van der Waals surface area contributed by atoms with Gasteiger partial charge in [-0.2, -0.15) is 0 Å². The first-order valence-corrected chi connectivity index (χ1v) is 9.47. The van der Waals surface area contributed by atoms with Crippen molar-refractivity contribution < 1.29 is 13.9 Å². The van der Waals surface area contributed by atoms with E-state index in [0.29, 0.717) is 25.3 Å². The minimum atomic E-state index is -0.287. The Morgan fingerprint density at radius 3 is 2.83 bits per heavy atom. The summed E-state index contributed by atoms with van der Waals surface area (Å²) in [6, 6.07) is 12.2. The van der Waals surface area contributed by atoms with Gasteiger partial charge in [0.25, 0.3) is 0 Å². The summed E-state index contributed by atoms with van der Waals surface area (Å²) in [6.45, 7) is 2.98. The van der Waals surface area contributed by atoms with Crippen LogP contribution in [0.4, 0.5) is 4.39 Å². The maximum Gasteiger partial charge on any atom is 0.250 e. The first-order valence-electron chi connectivity index (χ1n) is 9.47. The quantitative estimate of drug-likeness (QED) is 0.614. The molecule has 1 aliphatic heterocycles. The number of methoxy groups -OCH3 is 1. The van der Waals surface area contributed by atoms with Gasteiger partial charge in [-0.1, -0.05) is 18.2 Å². The van der Waals surface area contributed by atoms with Crippen molar-refractivity contribution in [1.29, 1.82) is 0 Å². The molecule has 1 saturated heterocycles. The van der Waals surface area contributed by atoms with Crippen molar-refractivity contribution >= 4 is 12.0 Å². The number of benzene rings is 2. The molecule has 4 rings (SSSR count). The lowest BCUT2D eigenvalue weighted by Crippen LogP contribution is -2.24. The Hall–Kier alpha value is -3.41. The summed E-state index contributed by atoms with van der Waals surface area (Å²) in [5.41, 5.74) is 4.25. The zero-order valence-corrected chi connectivity index (χ0v) is 16.4. The number of hydrogen-bond donors (Lipinski definition) is 0. The molecule has 2 heterocycles. The molecule has 6 heteroatoms. The Bertz CT molecular complexity index is 1090. The van der Waals surface area contributed by atoms with Gasteiger partial charge in [0.1, 0.15) is 11.6 Å². The molecule has 0 bridgehead atoms. The summed E-state index contributed by atoms with van der Waals surface area (Å²) in [6.07, 6.45) is 6.25. The van der Waals surface area contributed by atoms with Crippen LogP contribution in [0.25, 0.3) is 11.8 Å². The first kappa shape index (κ1) is 18.9. The Labute approximate surface area is 169 Å². The fourth-order valence-corrected chi connectivity index (χ4v) is 3.56. The number of carbonyl (C=O) groups is 1. The van der Waals surface area contributed by atoms with Crippen molar-refractivity contribution in [2.75, 3.05) is 13.7 Å². The zero-order chi connectivity index (χ0) is 20.4. The molecule has 1 amide bonds. The van der Waals surface area contributed by atoms with E-state index in [0.717, 1.165) is 28.1 Å². The highest BCUT2D eigenvalue weighted by Crippen LogP contribution is 2.28. The number of halogens is 1. The lowest BCUT2D eigenvalue weighted by Gasteiger charge is -2.15. The summed E-state index contributed by atoms with van der Waals surface area (Å²) >= 11 is 0. The average Bonchev–Trinajstić information content (AvgIpc) is 3.29. The van der Waals surface area contributed by atoms with Crippen LogP contribution < -0.4 is 4.74 Å². The number of imidazole rings is 1. The molecular formula is C23H22FN3O2. The highest BCUT2D eigenvalue weighted by atomic mass is 19.1. The van der Waals surface area contributed by atoms with E-state index in [-0.39, 0.29) is 11.7 Å². The van der Waals surface area contributed by atoms with Gasteiger partial charge in [-0.15, -0.1) is 0 Å². The van der Waals surface area contributed by atoms with Gasteiger partial charge < -0.3 is 14.2 Å². The zero-order valence-electron chi connectivity index (χ0n) is 16.4. The van der Waals surface area contributed by atoms with Gasteiger partial charge in [0.05, 0.1) is 24.8 Å². The number of carbonyl (C=O) groups excluding carboxylic acids is 1. The molecule has 1 fully saturated rings. The predicted octanol–water partition coefficient (Wildman–Crippen LogP) is 4.14. The summed E-state index contributed by atoms with van der Waals surface area (Å²) in [4.78, 5) is 18.8. The molecule has 29 heavy (non-hydrogen) atoms. The van der Waals surface area contributed by atoms with Crippen molar-refractivity contribution in [3.05, 3.63) is 83.2 Å². The smallest absolute Gasteiger partial charge is 0.250 e. The second-order valence-corrected chi connectivity index (χ2v) is 7.13. The predicted molar refractivity (Wildman–Crippen MR) is 109 cm³/mol. The van der Waals surface area contributed by atoms with E-state index in [2.05, 4.69) is 4.98 Å². The van der Waals surface area contributed by atoms with E-state index in [1.807, 2.05) is 48.0 Å². The van der Waals surface area contributed by atoms with Gasteiger partial charge in [-0.3, -0.25) is 4.79 Å². The molecular weight excluding hydrogens is 369 g/mol. The molecule has 2 aromatic carbocycles. The SMILES string of the molecule is COc1cc(C=C2CCN(Cc3cccc(F)c3)C2=O)ccc1-n1cnc(C)c1. The van der Waals surface area contributed by atoms with Gasteiger partial charge in [0.2, 0.25) is 5.91 Å². The fraction of sp³-hybridized carbons (Fsp3) is 0.217. The Morgan fingerprint density at radius 2 is 2.10 bits per heavy atom. The molecule has 1 aromatic heterocycles. The van der Waals surface area contributed by atoms with Crippen LogP contribution in [0.2, 0.25) is 0 Å². The van der Waals surface area contributed by atoms with Crippen LogP contribution in [-0.2, 0) is 11.3 Å². The van der Waals surface area contributed by atoms with Gasteiger partial charge in [-0.25, -0.2) is 9.37 Å².